The molecule has 2 aromatic rings. The number of hydrogen-bond acceptors (Lipinski definition) is 4. The molecular weight excluding hydrogens is 274 g/mol. The molecule has 21 heavy (non-hydrogen) atoms. The van der Waals surface area contributed by atoms with E-state index in [4.69, 9.17) is 0 Å². The minimum Gasteiger partial charge on any atom is -0.360 e. The van der Waals surface area contributed by atoms with Crippen LogP contribution in [0.3, 0.4) is 0 Å². The van der Waals surface area contributed by atoms with Crippen LogP contribution in [-0.2, 0) is 0 Å². The Balaban J connectivity index is 2.13. The van der Waals surface area contributed by atoms with Crippen LogP contribution in [0.2, 0.25) is 0 Å². The fraction of sp³-hybridized carbons (Fsp3) is 0.333. The zero-order valence-corrected chi connectivity index (χ0v) is 12.1. The van der Waals surface area contributed by atoms with E-state index in [0.29, 0.717) is 0 Å². The number of aromatic nitrogens is 2. The predicted molar refractivity (Wildman–Crippen MR) is 79.9 cm³/mol. The Kier molecular flexibility index (Phi) is 5.03. The Morgan fingerprint density at radius 2 is 2.05 bits per heavy atom. The molecule has 6 heteroatoms. The van der Waals surface area contributed by atoms with Crippen molar-refractivity contribution in [3.63, 3.8) is 0 Å². The van der Waals surface area contributed by atoms with Gasteiger partial charge in [-0.1, -0.05) is 13.3 Å². The number of hydrogen-bond donors (Lipinski definition) is 1. The van der Waals surface area contributed by atoms with Crippen LogP contribution in [0.25, 0.3) is 0 Å². The van der Waals surface area contributed by atoms with Gasteiger partial charge in [0.25, 0.3) is 0 Å². The molecule has 0 amide bonds. The lowest BCUT2D eigenvalue weighted by molar-refractivity contribution is 0.586. The number of nitrogens with one attached hydrogen (secondary N) is 1. The lowest BCUT2D eigenvalue weighted by atomic mass is 10.3. The highest BCUT2D eigenvalue weighted by atomic mass is 19.1. The second-order valence-electron chi connectivity index (χ2n) is 4.76. The van der Waals surface area contributed by atoms with E-state index in [1.807, 2.05) is 11.9 Å². The van der Waals surface area contributed by atoms with Crippen molar-refractivity contribution in [2.75, 3.05) is 23.8 Å². The van der Waals surface area contributed by atoms with Gasteiger partial charge in [-0.15, -0.1) is 0 Å². The maximum Gasteiger partial charge on any atom is 0.229 e. The normalized spacial score (nSPS) is 10.5. The highest BCUT2D eigenvalue weighted by Crippen LogP contribution is 2.19. The molecule has 1 aromatic carbocycles. The molecule has 0 saturated heterocycles. The van der Waals surface area contributed by atoms with E-state index in [0.717, 1.165) is 31.3 Å². The van der Waals surface area contributed by atoms with E-state index in [1.165, 1.54) is 12.1 Å². The number of rotatable bonds is 6. The lowest BCUT2D eigenvalue weighted by Gasteiger charge is -2.18. The molecule has 0 unspecified atom stereocenters. The summed E-state index contributed by atoms with van der Waals surface area (Å²) in [6.07, 6.45) is 3.77. The van der Waals surface area contributed by atoms with Crippen molar-refractivity contribution in [3.8, 4) is 0 Å². The van der Waals surface area contributed by atoms with Crippen molar-refractivity contribution in [2.24, 2.45) is 0 Å². The van der Waals surface area contributed by atoms with Crippen LogP contribution in [0, 0.1) is 11.6 Å². The first-order chi connectivity index (χ1) is 10.1. The summed E-state index contributed by atoms with van der Waals surface area (Å²) in [4.78, 5) is 10.4. The third-order valence-electron chi connectivity index (χ3n) is 3.06. The molecule has 1 N–H and O–H groups in total. The van der Waals surface area contributed by atoms with Gasteiger partial charge in [-0.25, -0.2) is 13.8 Å². The fourth-order valence-corrected chi connectivity index (χ4v) is 1.84. The molecule has 0 atom stereocenters. The standard InChI is InChI=1S/C15H18F2N4/c1-3-4-9-21(2)14-7-8-18-15(20-14)19-13-6-5-11(16)10-12(13)17/h5-8,10H,3-4,9H2,1-2H3,(H,18,19,20). The highest BCUT2D eigenvalue weighted by Gasteiger charge is 2.08. The first kappa shape index (κ1) is 15.2. The van der Waals surface area contributed by atoms with Gasteiger partial charge < -0.3 is 10.2 Å². The van der Waals surface area contributed by atoms with Gasteiger partial charge in [-0.05, 0) is 24.6 Å². The first-order valence-electron chi connectivity index (χ1n) is 6.86. The second kappa shape index (κ2) is 6.97. The summed E-state index contributed by atoms with van der Waals surface area (Å²) in [5, 5.41) is 2.76. The van der Waals surface area contributed by atoms with Gasteiger partial charge in [0.15, 0.2) is 0 Å². The van der Waals surface area contributed by atoms with Crippen LogP contribution in [0.5, 0.6) is 0 Å². The van der Waals surface area contributed by atoms with Gasteiger partial charge in [-0.2, -0.15) is 4.98 Å². The highest BCUT2D eigenvalue weighted by molar-refractivity contribution is 5.55. The third kappa shape index (κ3) is 4.11. The zero-order chi connectivity index (χ0) is 15.2. The van der Waals surface area contributed by atoms with Gasteiger partial charge >= 0.3 is 0 Å². The van der Waals surface area contributed by atoms with Crippen molar-refractivity contribution in [1.82, 2.24) is 9.97 Å². The van der Waals surface area contributed by atoms with Crippen LogP contribution < -0.4 is 10.2 Å². The van der Waals surface area contributed by atoms with E-state index in [9.17, 15) is 8.78 Å². The van der Waals surface area contributed by atoms with Crippen molar-refractivity contribution in [1.29, 1.82) is 0 Å². The van der Waals surface area contributed by atoms with Gasteiger partial charge in [0.05, 0.1) is 5.69 Å². The smallest absolute Gasteiger partial charge is 0.229 e. The van der Waals surface area contributed by atoms with Gasteiger partial charge in [0, 0.05) is 25.9 Å². The minimum atomic E-state index is -0.677. The molecule has 0 spiro atoms. The van der Waals surface area contributed by atoms with E-state index in [2.05, 4.69) is 22.2 Å². The Morgan fingerprint density at radius 1 is 1.24 bits per heavy atom. The molecule has 1 aromatic heterocycles. The quantitative estimate of drug-likeness (QED) is 0.880. The van der Waals surface area contributed by atoms with E-state index in [-0.39, 0.29) is 11.6 Å². The Morgan fingerprint density at radius 3 is 2.76 bits per heavy atom. The number of benzene rings is 1. The number of anilines is 3. The average Bonchev–Trinajstić information content (AvgIpc) is 2.48. The molecule has 1 heterocycles. The van der Waals surface area contributed by atoms with Gasteiger partial charge in [0.2, 0.25) is 5.95 Å². The molecule has 0 fully saturated rings. The van der Waals surface area contributed by atoms with E-state index < -0.39 is 11.6 Å². The molecule has 0 bridgehead atoms. The monoisotopic (exact) mass is 292 g/mol. The largest absolute Gasteiger partial charge is 0.360 e. The summed E-state index contributed by atoms with van der Waals surface area (Å²) in [6, 6.07) is 5.12. The summed E-state index contributed by atoms with van der Waals surface area (Å²) in [5.41, 5.74) is 0.143. The number of nitrogens with zero attached hydrogens (tertiary/aromatic N) is 3. The Labute approximate surface area is 122 Å². The lowest BCUT2D eigenvalue weighted by Crippen LogP contribution is -2.20. The molecule has 112 valence electrons. The molecule has 0 aliphatic rings. The molecule has 0 aliphatic heterocycles. The second-order valence-corrected chi connectivity index (χ2v) is 4.76. The van der Waals surface area contributed by atoms with E-state index >= 15 is 0 Å². The van der Waals surface area contributed by atoms with Crippen LogP contribution in [0.1, 0.15) is 19.8 Å². The molecule has 2 rings (SSSR count). The molecule has 0 radical (unpaired) electrons. The average molecular weight is 292 g/mol. The fourth-order valence-electron chi connectivity index (χ4n) is 1.84. The number of unbranched alkanes of at least 4 members (excludes halogenated alkanes) is 1. The SMILES string of the molecule is CCCCN(C)c1ccnc(Nc2ccc(F)cc2F)n1. The first-order valence-corrected chi connectivity index (χ1v) is 6.86. The zero-order valence-electron chi connectivity index (χ0n) is 12.1. The topological polar surface area (TPSA) is 41.1 Å². The van der Waals surface area contributed by atoms with Gasteiger partial charge in [0.1, 0.15) is 17.5 Å². The molecule has 0 aliphatic carbocycles. The Bertz CT molecular complexity index is 604. The minimum absolute atomic E-state index is 0.143. The van der Waals surface area contributed by atoms with Crippen molar-refractivity contribution >= 4 is 17.5 Å². The molecule has 4 nitrogen and oxygen atoms in total. The van der Waals surface area contributed by atoms with Crippen LogP contribution in [-0.4, -0.2) is 23.6 Å². The summed E-state index contributed by atoms with van der Waals surface area (Å²) in [5.74, 6) is -0.264. The third-order valence-corrected chi connectivity index (χ3v) is 3.06. The van der Waals surface area contributed by atoms with Crippen LogP contribution in [0.15, 0.2) is 30.5 Å². The number of halogens is 2. The van der Waals surface area contributed by atoms with Gasteiger partial charge in [-0.3, -0.25) is 0 Å². The Hall–Kier alpha value is -2.24. The van der Waals surface area contributed by atoms with Crippen LogP contribution >= 0.6 is 0 Å². The van der Waals surface area contributed by atoms with Crippen LogP contribution in [0.4, 0.5) is 26.2 Å². The molecule has 0 saturated carbocycles. The molecular formula is C15H18F2N4. The van der Waals surface area contributed by atoms with Crippen molar-refractivity contribution in [3.05, 3.63) is 42.1 Å². The summed E-state index contributed by atoms with van der Waals surface area (Å²) in [7, 11) is 1.94. The maximum absolute atomic E-state index is 13.6. The summed E-state index contributed by atoms with van der Waals surface area (Å²) < 4.78 is 26.5. The summed E-state index contributed by atoms with van der Waals surface area (Å²) >= 11 is 0. The van der Waals surface area contributed by atoms with Crippen molar-refractivity contribution in [2.45, 2.75) is 19.8 Å². The predicted octanol–water partition coefficient (Wildman–Crippen LogP) is 3.73. The van der Waals surface area contributed by atoms with Crippen molar-refractivity contribution < 1.29 is 8.78 Å². The maximum atomic E-state index is 13.6. The summed E-state index contributed by atoms with van der Waals surface area (Å²) in [6.45, 7) is 3.01. The van der Waals surface area contributed by atoms with E-state index in [1.54, 1.807) is 12.3 Å².